The number of hydrazone groups is 1. The molecule has 3 aliphatic rings. The van der Waals surface area contributed by atoms with Crippen LogP contribution in [-0.4, -0.2) is 46.3 Å². The maximum absolute atomic E-state index is 9.44. The van der Waals surface area contributed by atoms with Gasteiger partial charge in [-0.25, -0.2) is 0 Å². The Hall–Kier alpha value is -2.60. The van der Waals surface area contributed by atoms with Gasteiger partial charge >= 0.3 is 0 Å². The molecule has 2 aromatic rings. The number of aliphatic imine (C=N–C) groups is 1. The summed E-state index contributed by atoms with van der Waals surface area (Å²) in [6.07, 6.45) is 7.58. The van der Waals surface area contributed by atoms with Crippen LogP contribution in [0.2, 0.25) is 10.0 Å². The predicted molar refractivity (Wildman–Crippen MR) is 136 cm³/mol. The molecular formula is C26H26Cl2N4O. The largest absolute Gasteiger partial charge is 0.394 e. The number of rotatable bonds is 5. The minimum Gasteiger partial charge on any atom is -0.394 e. The van der Waals surface area contributed by atoms with Crippen LogP contribution < -0.4 is 0 Å². The minimum atomic E-state index is -0.458. The van der Waals surface area contributed by atoms with E-state index in [0.29, 0.717) is 23.0 Å². The highest BCUT2D eigenvalue weighted by molar-refractivity contribution is 6.31. The molecule has 1 saturated heterocycles. The second-order valence-corrected chi connectivity index (χ2v) is 9.56. The minimum absolute atomic E-state index is 0.0353. The zero-order chi connectivity index (χ0) is 23.2. The van der Waals surface area contributed by atoms with Crippen molar-refractivity contribution in [2.45, 2.75) is 37.1 Å². The summed E-state index contributed by atoms with van der Waals surface area (Å²) in [5, 5.41) is 17.5. The van der Waals surface area contributed by atoms with E-state index in [0.717, 1.165) is 34.6 Å². The fraction of sp³-hybridized carbons (Fsp3) is 0.308. The topological polar surface area (TPSA) is 51.4 Å². The number of amidine groups is 1. The van der Waals surface area contributed by atoms with Gasteiger partial charge in [0.05, 0.1) is 30.3 Å². The molecule has 3 aliphatic heterocycles. The number of piperidine rings is 1. The fourth-order valence-electron chi connectivity index (χ4n) is 5.41. The monoisotopic (exact) mass is 480 g/mol. The molecule has 7 heteroatoms. The molecule has 5 nitrogen and oxygen atoms in total. The summed E-state index contributed by atoms with van der Waals surface area (Å²) in [5.41, 5.74) is 3.81. The third-order valence-electron chi connectivity index (χ3n) is 6.90. The van der Waals surface area contributed by atoms with Gasteiger partial charge in [0.15, 0.2) is 0 Å². The molecule has 0 amide bonds. The van der Waals surface area contributed by atoms with E-state index in [1.54, 1.807) is 5.01 Å². The van der Waals surface area contributed by atoms with Gasteiger partial charge in [-0.1, -0.05) is 60.5 Å². The van der Waals surface area contributed by atoms with Crippen LogP contribution >= 0.6 is 23.2 Å². The van der Waals surface area contributed by atoms with E-state index in [-0.39, 0.29) is 18.6 Å². The summed E-state index contributed by atoms with van der Waals surface area (Å²) in [7, 11) is 0. The number of fused-ring (bicyclic) bond motifs is 3. The van der Waals surface area contributed by atoms with Crippen molar-refractivity contribution in [2.75, 3.05) is 13.2 Å². The Morgan fingerprint density at radius 2 is 2.00 bits per heavy atom. The summed E-state index contributed by atoms with van der Waals surface area (Å²) in [4.78, 5) is 7.10. The summed E-state index contributed by atoms with van der Waals surface area (Å²) in [6.45, 7) is 7.12. The van der Waals surface area contributed by atoms with Crippen LogP contribution in [0, 0.1) is 0 Å². The number of hydrogen-bond acceptors (Lipinski definition) is 5. The van der Waals surface area contributed by atoms with Crippen molar-refractivity contribution in [3.05, 3.63) is 88.2 Å². The lowest BCUT2D eigenvalue weighted by Crippen LogP contribution is -2.60. The lowest BCUT2D eigenvalue weighted by Gasteiger charge is -2.53. The summed E-state index contributed by atoms with van der Waals surface area (Å²) in [5.74, 6) is 0.977. The Morgan fingerprint density at radius 1 is 1.18 bits per heavy atom. The Labute approximate surface area is 204 Å². The second kappa shape index (κ2) is 8.64. The molecule has 0 saturated carbocycles. The highest BCUT2D eigenvalue weighted by Crippen LogP contribution is 2.56. The van der Waals surface area contributed by atoms with Crippen LogP contribution in [0.25, 0.3) is 0 Å². The van der Waals surface area contributed by atoms with Gasteiger partial charge in [-0.05, 0) is 41.8 Å². The first kappa shape index (κ1) is 22.2. The van der Waals surface area contributed by atoms with Crippen molar-refractivity contribution in [2.24, 2.45) is 10.1 Å². The molecule has 0 unspecified atom stereocenters. The van der Waals surface area contributed by atoms with Gasteiger partial charge in [0, 0.05) is 41.0 Å². The number of aliphatic hydroxyl groups excluding tert-OH is 1. The first-order valence-corrected chi connectivity index (χ1v) is 11.9. The van der Waals surface area contributed by atoms with Gasteiger partial charge in [-0.2, -0.15) is 5.10 Å². The predicted octanol–water partition coefficient (Wildman–Crippen LogP) is 5.86. The second-order valence-electron chi connectivity index (χ2n) is 8.69. The number of benzene rings is 2. The van der Waals surface area contributed by atoms with Crippen LogP contribution in [0.4, 0.5) is 5.69 Å². The molecule has 5 rings (SSSR count). The number of nitrogens with zero attached hydrogens (tertiary/aromatic N) is 4. The number of halogens is 2. The van der Waals surface area contributed by atoms with Gasteiger partial charge in [-0.15, -0.1) is 0 Å². The molecule has 170 valence electrons. The van der Waals surface area contributed by atoms with Crippen molar-refractivity contribution in [1.82, 2.24) is 9.91 Å². The molecule has 33 heavy (non-hydrogen) atoms. The average molecular weight is 481 g/mol. The summed E-state index contributed by atoms with van der Waals surface area (Å²) >= 11 is 12.8. The van der Waals surface area contributed by atoms with Gasteiger partial charge < -0.3 is 10.0 Å². The molecule has 0 aliphatic carbocycles. The quantitative estimate of drug-likeness (QED) is 0.544. The number of hydrogen-bond donors (Lipinski definition) is 1. The van der Waals surface area contributed by atoms with E-state index in [1.165, 1.54) is 0 Å². The van der Waals surface area contributed by atoms with Crippen molar-refractivity contribution < 1.29 is 5.11 Å². The van der Waals surface area contributed by atoms with Gasteiger partial charge in [-0.3, -0.25) is 10.0 Å². The molecule has 3 heterocycles. The average Bonchev–Trinajstić information content (AvgIpc) is 3.17. The molecule has 0 aromatic heterocycles. The van der Waals surface area contributed by atoms with Gasteiger partial charge in [0.1, 0.15) is 5.84 Å². The molecule has 1 N–H and O–H groups in total. The molecule has 1 spiro atoms. The first-order chi connectivity index (χ1) is 16.0. The Bertz CT molecular complexity index is 1190. The molecule has 0 radical (unpaired) electrons. The van der Waals surface area contributed by atoms with Crippen molar-refractivity contribution in [3.63, 3.8) is 0 Å². The molecule has 2 aromatic carbocycles. The Morgan fingerprint density at radius 3 is 2.76 bits per heavy atom. The van der Waals surface area contributed by atoms with E-state index in [2.05, 4.69) is 42.9 Å². The van der Waals surface area contributed by atoms with Gasteiger partial charge in [0.2, 0.25) is 0 Å². The number of β-amino-alcohol motifs (C(OH)–C–C–N with tert-alkyl or cyclic N) is 1. The Balaban J connectivity index is 1.74. The maximum Gasteiger partial charge on any atom is 0.130 e. The normalized spacial score (nSPS) is 25.3. The molecule has 0 bridgehead atoms. The smallest absolute Gasteiger partial charge is 0.130 e. The zero-order valence-electron chi connectivity index (χ0n) is 18.5. The van der Waals surface area contributed by atoms with Crippen LogP contribution in [0.3, 0.4) is 0 Å². The van der Waals surface area contributed by atoms with Crippen LogP contribution in [-0.2, 0) is 5.41 Å². The van der Waals surface area contributed by atoms with E-state index >= 15 is 0 Å². The van der Waals surface area contributed by atoms with Crippen LogP contribution in [0.15, 0.2) is 77.1 Å². The van der Waals surface area contributed by atoms with Crippen molar-refractivity contribution >= 4 is 40.9 Å². The molecule has 3 atom stereocenters. The maximum atomic E-state index is 9.44. The lowest BCUT2D eigenvalue weighted by atomic mass is 9.59. The fourth-order valence-corrected chi connectivity index (χ4v) is 5.78. The highest BCUT2D eigenvalue weighted by atomic mass is 35.5. The lowest BCUT2D eigenvalue weighted by molar-refractivity contribution is 0.210. The summed E-state index contributed by atoms with van der Waals surface area (Å²) < 4.78 is 0. The Kier molecular flexibility index (Phi) is 5.81. The van der Waals surface area contributed by atoms with Crippen molar-refractivity contribution in [3.8, 4) is 0 Å². The summed E-state index contributed by atoms with van der Waals surface area (Å²) in [6, 6.07) is 14.0. The zero-order valence-corrected chi connectivity index (χ0v) is 20.0. The van der Waals surface area contributed by atoms with E-state index in [1.807, 2.05) is 36.5 Å². The van der Waals surface area contributed by atoms with Crippen LogP contribution in [0.5, 0.6) is 0 Å². The van der Waals surface area contributed by atoms with E-state index in [4.69, 9.17) is 33.3 Å². The SMILES string of the molecule is C=C(CC)[C@H]1N2C=CN(CCO)N=C2C[C@@H](c2cccc(Cl)c2)[C@]12C=Nc1cc(Cl)ccc12. The molecule has 1 fully saturated rings. The number of aliphatic hydroxyl groups is 1. The van der Waals surface area contributed by atoms with Gasteiger partial charge in [0.25, 0.3) is 0 Å². The highest BCUT2D eigenvalue weighted by Gasteiger charge is 2.56. The van der Waals surface area contributed by atoms with Crippen LogP contribution in [0.1, 0.15) is 36.8 Å². The molecular weight excluding hydrogens is 455 g/mol. The van der Waals surface area contributed by atoms with Crippen molar-refractivity contribution in [1.29, 1.82) is 0 Å². The van der Waals surface area contributed by atoms with E-state index in [9.17, 15) is 5.11 Å². The standard InChI is InChI=1S/C26H26Cl2N4O/c1-3-17(2)25-26(16-29-23-14-20(28)7-8-21(23)26)22(18-5-4-6-19(27)13-18)15-24-30-31(11-12-33)9-10-32(24)25/h4-10,13-14,16,22,25,33H,2-3,11-12,15H2,1H3/t22-,25+,26+/m0/s1. The first-order valence-electron chi connectivity index (χ1n) is 11.2. The third-order valence-corrected chi connectivity index (χ3v) is 7.37. The van der Waals surface area contributed by atoms with E-state index < -0.39 is 5.41 Å². The third kappa shape index (κ3) is 3.59.